The van der Waals surface area contributed by atoms with Crippen molar-refractivity contribution in [1.29, 1.82) is 0 Å². The van der Waals surface area contributed by atoms with Crippen molar-refractivity contribution >= 4 is 40.8 Å². The minimum atomic E-state index is -0.195. The Hall–Kier alpha value is -3.52. The Balaban J connectivity index is 1.32. The van der Waals surface area contributed by atoms with Crippen LogP contribution in [0.1, 0.15) is 30.1 Å². The van der Waals surface area contributed by atoms with Crippen molar-refractivity contribution in [1.82, 2.24) is 4.98 Å². The molecule has 8 heteroatoms. The number of hydrogen-bond donors (Lipinski definition) is 2. The van der Waals surface area contributed by atoms with Crippen molar-refractivity contribution in [3.63, 3.8) is 0 Å². The number of benzene rings is 2. The molecule has 0 saturated carbocycles. The zero-order valence-electron chi connectivity index (χ0n) is 20.0. The molecule has 0 atom stereocenters. The van der Waals surface area contributed by atoms with Crippen LogP contribution >= 0.6 is 11.8 Å². The molecule has 0 unspecified atom stereocenters. The van der Waals surface area contributed by atoms with Crippen molar-refractivity contribution in [2.45, 2.75) is 24.7 Å². The van der Waals surface area contributed by atoms with Gasteiger partial charge in [-0.15, -0.1) is 11.8 Å². The number of ether oxygens (including phenoxy) is 1. The average Bonchev–Trinajstić information content (AvgIpc) is 2.90. The molecule has 35 heavy (non-hydrogen) atoms. The number of carbonyl (C=O) groups is 2. The van der Waals surface area contributed by atoms with E-state index < -0.39 is 0 Å². The molecular weight excluding hydrogens is 460 g/mol. The number of thioether (sulfide) groups is 1. The molecule has 0 bridgehead atoms. The predicted molar refractivity (Wildman–Crippen MR) is 142 cm³/mol. The fourth-order valence-electron chi connectivity index (χ4n) is 4.05. The highest BCUT2D eigenvalue weighted by atomic mass is 32.2. The van der Waals surface area contributed by atoms with Crippen LogP contribution in [-0.2, 0) is 4.79 Å². The van der Waals surface area contributed by atoms with Crippen molar-refractivity contribution in [3.8, 4) is 5.75 Å². The second kappa shape index (κ2) is 11.8. The molecule has 0 spiro atoms. The van der Waals surface area contributed by atoms with Crippen LogP contribution in [0.4, 0.5) is 17.2 Å². The maximum absolute atomic E-state index is 12.8. The van der Waals surface area contributed by atoms with E-state index in [9.17, 15) is 9.59 Å². The van der Waals surface area contributed by atoms with Gasteiger partial charge in [-0.25, -0.2) is 4.98 Å². The minimum absolute atomic E-state index is 0.0460. The summed E-state index contributed by atoms with van der Waals surface area (Å²) in [7, 11) is 0. The number of aromatic nitrogens is 1. The lowest BCUT2D eigenvalue weighted by atomic mass is 9.95. The van der Waals surface area contributed by atoms with Crippen LogP contribution in [0.2, 0.25) is 0 Å². The molecule has 1 aromatic heterocycles. The number of amides is 2. The third-order valence-electron chi connectivity index (χ3n) is 5.96. The third-order valence-corrected chi connectivity index (χ3v) is 6.68. The van der Waals surface area contributed by atoms with Crippen molar-refractivity contribution in [2.75, 3.05) is 41.5 Å². The van der Waals surface area contributed by atoms with Gasteiger partial charge < -0.3 is 20.3 Å². The van der Waals surface area contributed by atoms with Crippen LogP contribution in [0.3, 0.4) is 0 Å². The summed E-state index contributed by atoms with van der Waals surface area (Å²) < 4.78 is 5.44. The van der Waals surface area contributed by atoms with Gasteiger partial charge in [-0.3, -0.25) is 9.59 Å². The molecule has 3 aromatic rings. The van der Waals surface area contributed by atoms with E-state index in [1.165, 1.54) is 0 Å². The van der Waals surface area contributed by atoms with Crippen LogP contribution in [-0.4, -0.2) is 42.8 Å². The van der Waals surface area contributed by atoms with E-state index in [1.54, 1.807) is 30.1 Å². The maximum Gasteiger partial charge on any atom is 0.255 e. The predicted octanol–water partition coefficient (Wildman–Crippen LogP) is 5.31. The summed E-state index contributed by atoms with van der Waals surface area (Å²) in [6.07, 6.45) is 5.14. The Morgan fingerprint density at radius 3 is 2.51 bits per heavy atom. The largest absolute Gasteiger partial charge is 0.494 e. The highest BCUT2D eigenvalue weighted by molar-refractivity contribution is 7.98. The van der Waals surface area contributed by atoms with E-state index in [-0.39, 0.29) is 17.7 Å². The summed E-state index contributed by atoms with van der Waals surface area (Å²) in [5.41, 5.74) is 2.07. The van der Waals surface area contributed by atoms with Crippen molar-refractivity contribution in [3.05, 3.63) is 72.4 Å². The van der Waals surface area contributed by atoms with Gasteiger partial charge in [-0.05, 0) is 80.6 Å². The third kappa shape index (κ3) is 6.54. The lowest BCUT2D eigenvalue weighted by molar-refractivity contribution is -0.120. The van der Waals surface area contributed by atoms with Crippen molar-refractivity contribution < 1.29 is 14.3 Å². The summed E-state index contributed by atoms with van der Waals surface area (Å²) in [4.78, 5) is 33.3. The van der Waals surface area contributed by atoms with E-state index in [2.05, 4.69) is 20.5 Å². The summed E-state index contributed by atoms with van der Waals surface area (Å²) >= 11 is 1.65. The Labute approximate surface area is 210 Å². The summed E-state index contributed by atoms with van der Waals surface area (Å²) in [5.74, 6) is 1.33. The summed E-state index contributed by atoms with van der Waals surface area (Å²) in [6, 6.07) is 18.7. The fraction of sp³-hybridized carbons (Fsp3) is 0.296. The molecule has 1 aliphatic rings. The van der Waals surface area contributed by atoms with Gasteiger partial charge in [0.05, 0.1) is 6.61 Å². The van der Waals surface area contributed by atoms with E-state index in [0.29, 0.717) is 30.9 Å². The van der Waals surface area contributed by atoms with Crippen LogP contribution < -0.4 is 20.3 Å². The first kappa shape index (κ1) is 24.6. The quantitative estimate of drug-likeness (QED) is 0.417. The van der Waals surface area contributed by atoms with E-state index in [0.717, 1.165) is 35.0 Å². The topological polar surface area (TPSA) is 83.6 Å². The fourth-order valence-corrected chi connectivity index (χ4v) is 4.51. The van der Waals surface area contributed by atoms with E-state index >= 15 is 0 Å². The average molecular weight is 491 g/mol. The lowest BCUT2D eigenvalue weighted by Gasteiger charge is -2.32. The summed E-state index contributed by atoms with van der Waals surface area (Å²) in [5, 5.41) is 5.97. The number of nitrogens with one attached hydrogen (secondary N) is 2. The number of hydrogen-bond acceptors (Lipinski definition) is 6. The molecule has 2 aromatic carbocycles. The molecule has 182 valence electrons. The highest BCUT2D eigenvalue weighted by Crippen LogP contribution is 2.25. The molecule has 2 amide bonds. The molecule has 1 fully saturated rings. The smallest absolute Gasteiger partial charge is 0.255 e. The number of carbonyl (C=O) groups excluding carboxylic acids is 2. The van der Waals surface area contributed by atoms with Gasteiger partial charge in [0.2, 0.25) is 5.91 Å². The van der Waals surface area contributed by atoms with Gasteiger partial charge in [-0.1, -0.05) is 6.07 Å². The molecule has 7 nitrogen and oxygen atoms in total. The van der Waals surface area contributed by atoms with Crippen LogP contribution in [0, 0.1) is 5.92 Å². The standard InChI is InChI=1S/C27H30N4O3S/c1-3-34-23-9-7-21(8-10-23)29-27(33)20-11-14-28-25(17-20)31-15-12-19(13-16-31)26(32)30-22-5-4-6-24(18-22)35-2/h4-11,14,17-19H,3,12-13,15-16H2,1-2H3,(H,29,33)(H,30,32). The first-order valence-electron chi connectivity index (χ1n) is 11.8. The van der Waals surface area contributed by atoms with Gasteiger partial charge in [0.1, 0.15) is 11.6 Å². The van der Waals surface area contributed by atoms with Crippen LogP contribution in [0.25, 0.3) is 0 Å². The molecule has 1 aliphatic heterocycles. The number of anilines is 3. The van der Waals surface area contributed by atoms with Gasteiger partial charge in [0, 0.05) is 47.0 Å². The Kier molecular flexibility index (Phi) is 8.26. The molecule has 0 radical (unpaired) electrons. The molecular formula is C27H30N4O3S. The minimum Gasteiger partial charge on any atom is -0.494 e. The molecule has 1 saturated heterocycles. The number of piperidine rings is 1. The first-order chi connectivity index (χ1) is 17.1. The molecule has 4 rings (SSSR count). The maximum atomic E-state index is 12.8. The monoisotopic (exact) mass is 490 g/mol. The molecule has 2 heterocycles. The number of rotatable bonds is 8. The number of nitrogens with zero attached hydrogens (tertiary/aromatic N) is 2. The molecule has 2 N–H and O–H groups in total. The van der Waals surface area contributed by atoms with Crippen molar-refractivity contribution in [2.24, 2.45) is 5.92 Å². The van der Waals surface area contributed by atoms with Gasteiger partial charge in [-0.2, -0.15) is 0 Å². The summed E-state index contributed by atoms with van der Waals surface area (Å²) in [6.45, 7) is 3.94. The Bertz CT molecular complexity index is 1160. The van der Waals surface area contributed by atoms with E-state index in [4.69, 9.17) is 4.74 Å². The van der Waals surface area contributed by atoms with Gasteiger partial charge in [0.15, 0.2) is 0 Å². The van der Waals surface area contributed by atoms with Gasteiger partial charge >= 0.3 is 0 Å². The SMILES string of the molecule is CCOc1ccc(NC(=O)c2ccnc(N3CCC(C(=O)Nc4cccc(SC)c4)CC3)c2)cc1. The Morgan fingerprint density at radius 2 is 1.80 bits per heavy atom. The normalized spacial score (nSPS) is 13.8. The lowest BCUT2D eigenvalue weighted by Crippen LogP contribution is -2.38. The van der Waals surface area contributed by atoms with E-state index in [1.807, 2.05) is 61.7 Å². The van der Waals surface area contributed by atoms with Crippen LogP contribution in [0.15, 0.2) is 71.8 Å². The highest BCUT2D eigenvalue weighted by Gasteiger charge is 2.26. The second-order valence-corrected chi connectivity index (χ2v) is 9.18. The van der Waals surface area contributed by atoms with Gasteiger partial charge in [0.25, 0.3) is 5.91 Å². The first-order valence-corrected chi connectivity index (χ1v) is 13.0. The van der Waals surface area contributed by atoms with Crippen LogP contribution in [0.5, 0.6) is 5.75 Å². The zero-order chi connectivity index (χ0) is 24.6. The molecule has 0 aliphatic carbocycles. The second-order valence-electron chi connectivity index (χ2n) is 8.30. The Morgan fingerprint density at radius 1 is 1.03 bits per heavy atom. The zero-order valence-corrected chi connectivity index (χ0v) is 20.8. The number of pyridine rings is 1.